The molecule has 4 aromatic rings. The van der Waals surface area contributed by atoms with Gasteiger partial charge in [-0.3, -0.25) is 9.38 Å². The average Bonchev–Trinajstić information content (AvgIpc) is 2.93. The summed E-state index contributed by atoms with van der Waals surface area (Å²) in [6.45, 7) is 4.01. The van der Waals surface area contributed by atoms with Gasteiger partial charge >= 0.3 is 0 Å². The first-order valence-electron chi connectivity index (χ1n) is 7.63. The fourth-order valence-corrected chi connectivity index (χ4v) is 2.75. The number of anilines is 1. The van der Waals surface area contributed by atoms with Gasteiger partial charge in [-0.15, -0.1) is 0 Å². The van der Waals surface area contributed by atoms with E-state index >= 15 is 0 Å². The first kappa shape index (κ1) is 14.3. The van der Waals surface area contributed by atoms with E-state index in [1.165, 1.54) is 0 Å². The van der Waals surface area contributed by atoms with E-state index in [0.29, 0.717) is 0 Å². The Bertz CT molecular complexity index is 1050. The summed E-state index contributed by atoms with van der Waals surface area (Å²) in [5.41, 5.74) is 11.9. The largest absolute Gasteiger partial charge is 0.368 e. The number of pyridine rings is 2. The van der Waals surface area contributed by atoms with Crippen LogP contribution in [-0.4, -0.2) is 24.3 Å². The van der Waals surface area contributed by atoms with Crippen LogP contribution in [-0.2, 0) is 0 Å². The van der Waals surface area contributed by atoms with Crippen molar-refractivity contribution in [2.24, 2.45) is 0 Å². The molecular formula is C18H16N6. The molecule has 24 heavy (non-hydrogen) atoms. The van der Waals surface area contributed by atoms with Gasteiger partial charge in [0.25, 0.3) is 0 Å². The quantitative estimate of drug-likeness (QED) is 0.614. The Morgan fingerprint density at radius 2 is 1.79 bits per heavy atom. The summed E-state index contributed by atoms with van der Waals surface area (Å²) >= 11 is 0. The normalized spacial score (nSPS) is 11.1. The molecule has 0 aliphatic rings. The monoisotopic (exact) mass is 316 g/mol. The van der Waals surface area contributed by atoms with Crippen molar-refractivity contribution in [1.82, 2.24) is 24.3 Å². The molecule has 2 N–H and O–H groups in total. The lowest BCUT2D eigenvalue weighted by atomic mass is 10.1. The second kappa shape index (κ2) is 5.42. The molecule has 0 saturated carbocycles. The molecule has 0 amide bonds. The van der Waals surface area contributed by atoms with Crippen molar-refractivity contribution in [2.75, 3.05) is 5.73 Å². The number of hydrogen-bond acceptors (Lipinski definition) is 5. The van der Waals surface area contributed by atoms with Crippen LogP contribution >= 0.6 is 0 Å². The van der Waals surface area contributed by atoms with Crippen LogP contribution < -0.4 is 5.73 Å². The maximum Gasteiger partial charge on any atom is 0.220 e. The van der Waals surface area contributed by atoms with E-state index in [0.717, 1.165) is 39.7 Å². The number of aromatic nitrogens is 5. The van der Waals surface area contributed by atoms with Crippen LogP contribution in [0, 0.1) is 13.8 Å². The highest BCUT2D eigenvalue weighted by Gasteiger charge is 2.18. The van der Waals surface area contributed by atoms with E-state index in [9.17, 15) is 0 Å². The minimum atomic E-state index is 0.234. The summed E-state index contributed by atoms with van der Waals surface area (Å²) in [5, 5.41) is 0. The first-order valence-corrected chi connectivity index (χ1v) is 7.63. The molecule has 6 nitrogen and oxygen atoms in total. The average molecular weight is 316 g/mol. The van der Waals surface area contributed by atoms with Gasteiger partial charge in [-0.05, 0) is 43.7 Å². The molecular weight excluding hydrogens is 300 g/mol. The van der Waals surface area contributed by atoms with Gasteiger partial charge in [0, 0.05) is 18.1 Å². The Balaban J connectivity index is 2.08. The topological polar surface area (TPSA) is 82.0 Å². The number of fused-ring (bicyclic) bond motifs is 1. The van der Waals surface area contributed by atoms with Crippen LogP contribution in [0.2, 0.25) is 0 Å². The summed E-state index contributed by atoms with van der Waals surface area (Å²) in [6, 6.07) is 11.8. The van der Waals surface area contributed by atoms with E-state index in [-0.39, 0.29) is 5.95 Å². The SMILES string of the molecule is Cc1ccc2nc(-c3cccc(C)n3)c(-c3ccnc(N)n3)n2c1. The third-order valence-electron chi connectivity index (χ3n) is 3.81. The van der Waals surface area contributed by atoms with Crippen LogP contribution in [0.4, 0.5) is 5.95 Å². The molecule has 0 fully saturated rings. The summed E-state index contributed by atoms with van der Waals surface area (Å²) in [4.78, 5) is 17.8. The van der Waals surface area contributed by atoms with Gasteiger partial charge < -0.3 is 5.73 Å². The van der Waals surface area contributed by atoms with E-state index in [1.54, 1.807) is 6.20 Å². The van der Waals surface area contributed by atoms with Crippen molar-refractivity contribution in [3.05, 3.63) is 60.0 Å². The molecule has 118 valence electrons. The lowest BCUT2D eigenvalue weighted by Gasteiger charge is -2.06. The number of imidazole rings is 1. The molecule has 0 atom stereocenters. The highest BCUT2D eigenvalue weighted by molar-refractivity contribution is 5.79. The molecule has 0 saturated heterocycles. The van der Waals surface area contributed by atoms with E-state index in [2.05, 4.69) is 15.0 Å². The van der Waals surface area contributed by atoms with Crippen molar-refractivity contribution in [2.45, 2.75) is 13.8 Å². The highest BCUT2D eigenvalue weighted by atomic mass is 15.1. The van der Waals surface area contributed by atoms with Gasteiger partial charge in [-0.2, -0.15) is 0 Å². The molecule has 0 radical (unpaired) electrons. The summed E-state index contributed by atoms with van der Waals surface area (Å²) in [5.74, 6) is 0.234. The molecule has 0 aliphatic carbocycles. The van der Waals surface area contributed by atoms with E-state index in [4.69, 9.17) is 10.7 Å². The third kappa shape index (κ3) is 2.38. The van der Waals surface area contributed by atoms with Crippen LogP contribution in [0.25, 0.3) is 28.4 Å². The smallest absolute Gasteiger partial charge is 0.220 e. The Morgan fingerprint density at radius 1 is 0.917 bits per heavy atom. The standard InChI is InChI=1S/C18H16N6/c1-11-6-7-15-23-16(13-5-3-4-12(2)21-13)17(24(15)10-11)14-8-9-20-18(19)22-14/h3-10H,1-2H3,(H2,19,20,22). The molecule has 4 heterocycles. The Kier molecular flexibility index (Phi) is 3.23. The Morgan fingerprint density at radius 3 is 2.58 bits per heavy atom. The van der Waals surface area contributed by atoms with Gasteiger partial charge in [-0.1, -0.05) is 12.1 Å². The maximum atomic E-state index is 5.78. The molecule has 0 unspecified atom stereocenters. The molecule has 6 heteroatoms. The minimum Gasteiger partial charge on any atom is -0.368 e. The van der Waals surface area contributed by atoms with Crippen molar-refractivity contribution in [3.8, 4) is 22.8 Å². The zero-order valence-electron chi connectivity index (χ0n) is 13.4. The summed E-state index contributed by atoms with van der Waals surface area (Å²) in [6.07, 6.45) is 3.69. The Labute approximate surface area is 139 Å². The number of aryl methyl sites for hydroxylation is 2. The number of hydrogen-bond donors (Lipinski definition) is 1. The summed E-state index contributed by atoms with van der Waals surface area (Å²) < 4.78 is 2.02. The fraction of sp³-hybridized carbons (Fsp3) is 0.111. The van der Waals surface area contributed by atoms with Gasteiger partial charge in [0.1, 0.15) is 17.0 Å². The number of nitrogen functional groups attached to an aromatic ring is 1. The lowest BCUT2D eigenvalue weighted by Crippen LogP contribution is -1.99. The van der Waals surface area contributed by atoms with Crippen LogP contribution in [0.15, 0.2) is 48.8 Å². The fourth-order valence-electron chi connectivity index (χ4n) is 2.75. The second-order valence-electron chi connectivity index (χ2n) is 5.71. The van der Waals surface area contributed by atoms with Crippen LogP contribution in [0.1, 0.15) is 11.3 Å². The van der Waals surface area contributed by atoms with Crippen molar-refractivity contribution >= 4 is 11.6 Å². The molecule has 4 rings (SSSR count). The third-order valence-corrected chi connectivity index (χ3v) is 3.81. The van der Waals surface area contributed by atoms with Gasteiger partial charge in [-0.25, -0.2) is 15.0 Å². The predicted molar refractivity (Wildman–Crippen MR) is 93.3 cm³/mol. The number of nitrogens with two attached hydrogens (primary N) is 1. The highest BCUT2D eigenvalue weighted by Crippen LogP contribution is 2.31. The van der Waals surface area contributed by atoms with E-state index in [1.807, 2.05) is 60.8 Å². The molecule has 0 aromatic carbocycles. The van der Waals surface area contributed by atoms with Crippen molar-refractivity contribution in [3.63, 3.8) is 0 Å². The lowest BCUT2D eigenvalue weighted by molar-refractivity contribution is 1.12. The maximum absolute atomic E-state index is 5.78. The van der Waals surface area contributed by atoms with Gasteiger partial charge in [0.15, 0.2) is 0 Å². The van der Waals surface area contributed by atoms with E-state index < -0.39 is 0 Å². The van der Waals surface area contributed by atoms with Crippen LogP contribution in [0.5, 0.6) is 0 Å². The first-order chi connectivity index (χ1) is 11.6. The van der Waals surface area contributed by atoms with Crippen molar-refractivity contribution < 1.29 is 0 Å². The summed E-state index contributed by atoms with van der Waals surface area (Å²) in [7, 11) is 0. The zero-order valence-corrected chi connectivity index (χ0v) is 13.4. The molecule has 0 aliphatic heterocycles. The Hall–Kier alpha value is -3.28. The predicted octanol–water partition coefficient (Wildman–Crippen LogP) is 3.05. The van der Waals surface area contributed by atoms with Gasteiger partial charge in [0.2, 0.25) is 5.95 Å². The minimum absolute atomic E-state index is 0.234. The van der Waals surface area contributed by atoms with Crippen molar-refractivity contribution in [1.29, 1.82) is 0 Å². The molecule has 0 bridgehead atoms. The second-order valence-corrected chi connectivity index (χ2v) is 5.71. The number of rotatable bonds is 2. The van der Waals surface area contributed by atoms with Gasteiger partial charge in [0.05, 0.1) is 11.4 Å². The van der Waals surface area contributed by atoms with Crippen LogP contribution in [0.3, 0.4) is 0 Å². The molecule has 0 spiro atoms. The molecule has 4 aromatic heterocycles. The number of nitrogens with zero attached hydrogens (tertiary/aromatic N) is 5. The zero-order chi connectivity index (χ0) is 16.7.